The molecule has 1 aliphatic rings. The molecule has 0 saturated carbocycles. The van der Waals surface area contributed by atoms with Crippen LogP contribution < -0.4 is 0 Å². The maximum atomic E-state index is 12.1. The van der Waals surface area contributed by atoms with Crippen molar-refractivity contribution in [1.82, 2.24) is 4.90 Å². The molecule has 118 valence electrons. The first kappa shape index (κ1) is 16.2. The minimum Gasteiger partial charge on any atom is -0.481 e. The Morgan fingerprint density at radius 3 is 2.23 bits per heavy atom. The molecule has 1 fully saturated rings. The fraction of sp³-hybridized carbons (Fsp3) is 0.471. The molecular weight excluding hydrogens is 282 g/mol. The fourth-order valence-corrected chi connectivity index (χ4v) is 2.64. The number of hydrogen-bond acceptors (Lipinski definition) is 3. The van der Waals surface area contributed by atoms with Gasteiger partial charge in [0.25, 0.3) is 0 Å². The summed E-state index contributed by atoms with van der Waals surface area (Å²) in [5, 5.41) is 8.94. The Kier molecular flexibility index (Phi) is 5.31. The monoisotopic (exact) mass is 303 g/mol. The van der Waals surface area contributed by atoms with Crippen LogP contribution in [-0.4, -0.2) is 40.8 Å². The van der Waals surface area contributed by atoms with Crippen LogP contribution in [0, 0.1) is 12.8 Å². The van der Waals surface area contributed by atoms with Gasteiger partial charge in [0.2, 0.25) is 5.91 Å². The number of Topliss-reactive ketones (excluding diaryl/α,β-unsaturated/α-hetero) is 1. The zero-order chi connectivity index (χ0) is 16.1. The van der Waals surface area contributed by atoms with Crippen molar-refractivity contribution in [2.45, 2.75) is 32.6 Å². The zero-order valence-corrected chi connectivity index (χ0v) is 12.7. The Balaban J connectivity index is 1.79. The summed E-state index contributed by atoms with van der Waals surface area (Å²) >= 11 is 0. The highest BCUT2D eigenvalue weighted by molar-refractivity contribution is 5.98. The number of likely N-dealkylation sites (tertiary alicyclic amines) is 1. The summed E-state index contributed by atoms with van der Waals surface area (Å²) in [4.78, 5) is 36.7. The number of nitrogens with zero attached hydrogens (tertiary/aromatic N) is 1. The van der Waals surface area contributed by atoms with Crippen molar-refractivity contribution in [3.63, 3.8) is 0 Å². The predicted molar refractivity (Wildman–Crippen MR) is 81.7 cm³/mol. The number of carbonyl (C=O) groups excluding carboxylic acids is 2. The van der Waals surface area contributed by atoms with Gasteiger partial charge in [-0.2, -0.15) is 0 Å². The van der Waals surface area contributed by atoms with Gasteiger partial charge >= 0.3 is 5.97 Å². The van der Waals surface area contributed by atoms with E-state index in [-0.39, 0.29) is 30.4 Å². The van der Waals surface area contributed by atoms with Crippen LogP contribution >= 0.6 is 0 Å². The van der Waals surface area contributed by atoms with Crippen LogP contribution in [0.1, 0.15) is 41.6 Å². The second-order valence-corrected chi connectivity index (χ2v) is 5.78. The average Bonchev–Trinajstić information content (AvgIpc) is 2.53. The lowest BCUT2D eigenvalue weighted by molar-refractivity contribution is -0.145. The van der Waals surface area contributed by atoms with Gasteiger partial charge in [-0.1, -0.05) is 29.8 Å². The number of carboxylic acid groups (broad SMARTS) is 1. The molecule has 0 aromatic heterocycles. The molecule has 5 heteroatoms. The molecule has 0 spiro atoms. The first-order valence-corrected chi connectivity index (χ1v) is 7.58. The van der Waals surface area contributed by atoms with Crippen molar-refractivity contribution in [2.24, 2.45) is 5.92 Å². The highest BCUT2D eigenvalue weighted by atomic mass is 16.4. The van der Waals surface area contributed by atoms with Crippen molar-refractivity contribution in [2.75, 3.05) is 13.1 Å². The first-order chi connectivity index (χ1) is 10.5. The molecule has 0 atom stereocenters. The smallest absolute Gasteiger partial charge is 0.306 e. The van der Waals surface area contributed by atoms with Crippen LogP contribution in [0.15, 0.2) is 24.3 Å². The van der Waals surface area contributed by atoms with Gasteiger partial charge in [-0.15, -0.1) is 0 Å². The molecule has 1 aliphatic heterocycles. The molecule has 2 rings (SSSR count). The van der Waals surface area contributed by atoms with E-state index in [1.165, 1.54) is 0 Å². The summed E-state index contributed by atoms with van der Waals surface area (Å²) in [6.45, 7) is 2.89. The summed E-state index contributed by atoms with van der Waals surface area (Å²) in [6, 6.07) is 7.32. The summed E-state index contributed by atoms with van der Waals surface area (Å²) in [7, 11) is 0. The minimum atomic E-state index is -0.790. The largest absolute Gasteiger partial charge is 0.481 e. The molecule has 1 amide bonds. The van der Waals surface area contributed by atoms with Crippen molar-refractivity contribution in [3.8, 4) is 0 Å². The Hall–Kier alpha value is -2.17. The standard InChI is InChI=1S/C17H21NO4/c1-12-2-4-13(5-3-12)15(19)6-7-16(20)18-10-8-14(9-11-18)17(21)22/h2-5,14H,6-11H2,1H3,(H,21,22). The lowest BCUT2D eigenvalue weighted by Gasteiger charge is -2.30. The molecule has 1 aromatic carbocycles. The molecule has 1 saturated heterocycles. The highest BCUT2D eigenvalue weighted by Crippen LogP contribution is 2.18. The summed E-state index contributed by atoms with van der Waals surface area (Å²) < 4.78 is 0. The third kappa shape index (κ3) is 4.16. The average molecular weight is 303 g/mol. The van der Waals surface area contributed by atoms with E-state index in [9.17, 15) is 14.4 Å². The normalized spacial score (nSPS) is 15.6. The number of ketones is 1. The van der Waals surface area contributed by atoms with Gasteiger partial charge in [-0.3, -0.25) is 14.4 Å². The number of hydrogen-bond donors (Lipinski definition) is 1. The third-order valence-corrected chi connectivity index (χ3v) is 4.14. The summed E-state index contributed by atoms with van der Waals surface area (Å²) in [5.41, 5.74) is 1.72. The molecule has 1 N–H and O–H groups in total. The van der Waals surface area contributed by atoms with Gasteiger partial charge in [0.1, 0.15) is 0 Å². The summed E-state index contributed by atoms with van der Waals surface area (Å²) in [5.74, 6) is -1.24. The molecule has 5 nitrogen and oxygen atoms in total. The van der Waals surface area contributed by atoms with Crippen LogP contribution in [0.3, 0.4) is 0 Å². The number of rotatable bonds is 5. The van der Waals surface area contributed by atoms with E-state index in [0.717, 1.165) is 5.56 Å². The molecule has 0 radical (unpaired) electrons. The Labute approximate surface area is 129 Å². The SMILES string of the molecule is Cc1ccc(C(=O)CCC(=O)N2CCC(C(=O)O)CC2)cc1. The molecule has 22 heavy (non-hydrogen) atoms. The maximum Gasteiger partial charge on any atom is 0.306 e. The summed E-state index contributed by atoms with van der Waals surface area (Å²) in [6.07, 6.45) is 1.37. The second kappa shape index (κ2) is 7.20. The number of benzene rings is 1. The minimum absolute atomic E-state index is 0.0335. The van der Waals surface area contributed by atoms with Gasteiger partial charge in [0.05, 0.1) is 5.92 Å². The fourth-order valence-electron chi connectivity index (χ4n) is 2.64. The van der Waals surface area contributed by atoms with Crippen LogP contribution in [-0.2, 0) is 9.59 Å². The molecule has 1 aromatic rings. The second-order valence-electron chi connectivity index (χ2n) is 5.78. The van der Waals surface area contributed by atoms with Gasteiger partial charge in [0, 0.05) is 31.5 Å². The third-order valence-electron chi connectivity index (χ3n) is 4.14. The first-order valence-electron chi connectivity index (χ1n) is 7.58. The van der Waals surface area contributed by atoms with Gasteiger partial charge in [-0.05, 0) is 19.8 Å². The molecule has 0 unspecified atom stereocenters. The van der Waals surface area contributed by atoms with E-state index in [2.05, 4.69) is 0 Å². The maximum absolute atomic E-state index is 12.1. The van der Waals surface area contributed by atoms with E-state index in [0.29, 0.717) is 31.5 Å². The lowest BCUT2D eigenvalue weighted by atomic mass is 9.96. The van der Waals surface area contributed by atoms with Crippen molar-refractivity contribution >= 4 is 17.7 Å². The predicted octanol–water partition coefficient (Wildman–Crippen LogP) is 2.28. The van der Waals surface area contributed by atoms with Crippen molar-refractivity contribution in [3.05, 3.63) is 35.4 Å². The number of aryl methyl sites for hydroxylation is 1. The van der Waals surface area contributed by atoms with Crippen molar-refractivity contribution < 1.29 is 19.5 Å². The zero-order valence-electron chi connectivity index (χ0n) is 12.7. The van der Waals surface area contributed by atoms with E-state index in [1.807, 2.05) is 19.1 Å². The van der Waals surface area contributed by atoms with Crippen LogP contribution in [0.5, 0.6) is 0 Å². The molecule has 0 aliphatic carbocycles. The van der Waals surface area contributed by atoms with Crippen LogP contribution in [0.25, 0.3) is 0 Å². The Bertz CT molecular complexity index is 557. The lowest BCUT2D eigenvalue weighted by Crippen LogP contribution is -2.40. The number of piperidine rings is 1. The van der Waals surface area contributed by atoms with Gasteiger partial charge < -0.3 is 10.0 Å². The van der Waals surface area contributed by atoms with E-state index >= 15 is 0 Å². The molecular formula is C17H21NO4. The number of amides is 1. The Morgan fingerprint density at radius 2 is 1.68 bits per heavy atom. The number of carbonyl (C=O) groups is 3. The number of aliphatic carboxylic acids is 1. The van der Waals surface area contributed by atoms with Gasteiger partial charge in [0.15, 0.2) is 5.78 Å². The Morgan fingerprint density at radius 1 is 1.09 bits per heavy atom. The van der Waals surface area contributed by atoms with E-state index in [4.69, 9.17) is 5.11 Å². The topological polar surface area (TPSA) is 74.7 Å². The van der Waals surface area contributed by atoms with Crippen molar-refractivity contribution in [1.29, 1.82) is 0 Å². The van der Waals surface area contributed by atoms with E-state index in [1.54, 1.807) is 17.0 Å². The van der Waals surface area contributed by atoms with Crippen LogP contribution in [0.4, 0.5) is 0 Å². The van der Waals surface area contributed by atoms with E-state index < -0.39 is 5.97 Å². The number of carboxylic acids is 1. The van der Waals surface area contributed by atoms with Gasteiger partial charge in [-0.25, -0.2) is 0 Å². The highest BCUT2D eigenvalue weighted by Gasteiger charge is 2.26. The molecule has 0 bridgehead atoms. The van der Waals surface area contributed by atoms with Crippen LogP contribution in [0.2, 0.25) is 0 Å². The quantitative estimate of drug-likeness (QED) is 0.847. The molecule has 1 heterocycles.